The maximum atomic E-state index is 14.7. The molecule has 1 aliphatic rings. The van der Waals surface area contributed by atoms with Crippen LogP contribution in [0.1, 0.15) is 542 Å². The zero-order valence-electron chi connectivity index (χ0n) is 96.0. The van der Waals surface area contributed by atoms with Crippen molar-refractivity contribution in [3.8, 4) is 0 Å². The van der Waals surface area contributed by atoms with Crippen molar-refractivity contribution in [1.82, 2.24) is 30.7 Å². The average Bonchev–Trinajstić information content (AvgIpc) is 0.824. The van der Waals surface area contributed by atoms with E-state index in [0.717, 1.165) is 348 Å². The number of rotatable bonds is 111. The van der Waals surface area contributed by atoms with Gasteiger partial charge < -0.3 is 59.1 Å². The third-order valence-electron chi connectivity index (χ3n) is 28.7. The molecule has 0 spiro atoms. The summed E-state index contributed by atoms with van der Waals surface area (Å²) in [6, 6.07) is 0. The zero-order valence-corrected chi connectivity index (χ0v) is 96.0. The summed E-state index contributed by atoms with van der Waals surface area (Å²) in [5.41, 5.74) is 0. The van der Waals surface area contributed by atoms with E-state index in [1.807, 2.05) is 36.5 Å². The van der Waals surface area contributed by atoms with Crippen LogP contribution in [-0.2, 0) is 71.6 Å². The normalized spacial score (nSPS) is 14.0. The average molecular weight is 2070 g/mol. The highest BCUT2D eigenvalue weighted by molar-refractivity contribution is 5.86. The highest BCUT2D eigenvalue weighted by Gasteiger charge is 2.39. The lowest BCUT2D eigenvalue weighted by molar-refractivity contribution is -0.143. The molecule has 0 aliphatic heterocycles. The lowest BCUT2D eigenvalue weighted by atomic mass is 9.74. The highest BCUT2D eigenvalue weighted by atomic mass is 16.6. The number of carbonyl (C=O) groups is 9. The van der Waals surface area contributed by atoms with Gasteiger partial charge in [0.25, 0.3) is 0 Å². The van der Waals surface area contributed by atoms with Gasteiger partial charge in [-0.15, -0.1) is 0 Å². The molecule has 0 radical (unpaired) electrons. The Morgan fingerprint density at radius 2 is 0.327 bits per heavy atom. The van der Waals surface area contributed by atoms with Gasteiger partial charge in [-0.1, -0.05) is 384 Å². The van der Waals surface area contributed by atoms with Crippen LogP contribution in [-0.4, -0.2) is 186 Å². The van der Waals surface area contributed by atoms with Crippen molar-refractivity contribution in [2.24, 2.45) is 17.8 Å². The minimum atomic E-state index is -0.502. The zero-order chi connectivity index (χ0) is 106. The SMILES string of the molecule is CCCCCC/C=C\COC(=O)CCCCCCCCN(CCCCCCCCC(=O)OC/C=C\CCCCCC)CCCNC(=O)C1CC(C(=O)NCCCN(CCCCCCCCC(=O)OC/C=C\CCCCCC)CCCCCCCCC(=O)OC/C=C\CCCCCC)CC(C(=O)NCCCN(CCCCCCCCC(=O)OC/C=C\CCCCCC)CCCCCCCCC(=O)OC/C=C\CCCCCC)C1. The molecule has 3 amide bonds. The van der Waals surface area contributed by atoms with Gasteiger partial charge in [0, 0.05) is 75.9 Å². The Bertz CT molecular complexity index is 2730. The molecule has 0 bridgehead atoms. The second kappa shape index (κ2) is 111. The van der Waals surface area contributed by atoms with E-state index in [0.29, 0.717) is 117 Å². The molecule has 3 N–H and O–H groups in total. The molecule has 0 atom stereocenters. The first kappa shape index (κ1) is 139. The molecular weight excluding hydrogens is 1840 g/mol. The van der Waals surface area contributed by atoms with Gasteiger partial charge in [-0.2, -0.15) is 0 Å². The first-order valence-corrected chi connectivity index (χ1v) is 62.0. The molecule has 0 heterocycles. The van der Waals surface area contributed by atoms with E-state index in [2.05, 4.69) is 109 Å². The van der Waals surface area contributed by atoms with E-state index >= 15 is 0 Å². The summed E-state index contributed by atoms with van der Waals surface area (Å²) >= 11 is 0. The predicted octanol–water partition coefficient (Wildman–Crippen LogP) is 31.2. The summed E-state index contributed by atoms with van der Waals surface area (Å²) in [5, 5.41) is 10.0. The minimum Gasteiger partial charge on any atom is -0.461 e. The molecule has 21 nitrogen and oxygen atoms in total. The number of esters is 6. The first-order valence-electron chi connectivity index (χ1n) is 62.0. The predicted molar refractivity (Wildman–Crippen MR) is 614 cm³/mol. The van der Waals surface area contributed by atoms with Gasteiger partial charge in [0.05, 0.1) is 0 Å². The number of unbranched alkanes of at least 4 members (excludes halogenated alkanes) is 54. The molecule has 1 aliphatic carbocycles. The van der Waals surface area contributed by atoms with E-state index < -0.39 is 17.8 Å². The van der Waals surface area contributed by atoms with Crippen molar-refractivity contribution in [3.05, 3.63) is 72.9 Å². The van der Waals surface area contributed by atoms with Gasteiger partial charge in [0.15, 0.2) is 0 Å². The number of nitrogens with zero attached hydrogens (tertiary/aromatic N) is 3. The van der Waals surface area contributed by atoms with Crippen molar-refractivity contribution in [1.29, 1.82) is 0 Å². The van der Waals surface area contributed by atoms with Gasteiger partial charge in [0.2, 0.25) is 17.7 Å². The van der Waals surface area contributed by atoms with Crippen LogP contribution in [0.5, 0.6) is 0 Å². The standard InChI is InChI=1S/C126H228N6O15/c1-7-13-19-25-43-61-79-106-142-118(133)88-67-49-31-37-55-73-97-130(98-74-56-38-32-50-68-89-119(134)143-107-80-62-44-26-20-14-8-2)103-85-94-127-124(139)115-112-116(125(140)128-95-86-104-131(99-75-57-39-33-51-69-90-120(135)144-108-81-63-45-27-21-15-9-3)100-76-58-40-34-52-70-91-121(136)145-109-82-64-46-28-22-16-10-4)114-117(113-115)126(141)129-96-87-105-132(101-77-59-41-35-53-71-92-122(137)146-110-83-65-47-29-23-17-11-5)102-78-60-42-36-54-72-93-123(138)147-111-84-66-48-30-24-18-12-6/h61-66,79-84,115-117H,7-60,67-78,85-114H2,1-6H3,(H,127,139)(H,128,140)(H,129,141)/b79-61-,80-62-,81-63-,82-64-,83-65-,84-66-. The minimum absolute atomic E-state index is 0.0858. The summed E-state index contributed by atoms with van der Waals surface area (Å²) in [6.45, 7) is 25.3. The lowest BCUT2D eigenvalue weighted by Gasteiger charge is -2.33. The fourth-order valence-corrected chi connectivity index (χ4v) is 19.3. The second-order valence-electron chi connectivity index (χ2n) is 42.5. The van der Waals surface area contributed by atoms with Crippen molar-refractivity contribution in [3.63, 3.8) is 0 Å². The van der Waals surface area contributed by atoms with Crippen molar-refractivity contribution in [2.75, 3.05) is 118 Å². The topological polar surface area (TPSA) is 255 Å². The fourth-order valence-electron chi connectivity index (χ4n) is 19.3. The molecule has 852 valence electrons. The second-order valence-corrected chi connectivity index (χ2v) is 42.5. The van der Waals surface area contributed by atoms with Gasteiger partial charge in [-0.05, 0) is 252 Å². The first-order chi connectivity index (χ1) is 72.2. The van der Waals surface area contributed by atoms with E-state index in [4.69, 9.17) is 28.4 Å². The Balaban J connectivity index is 3.38. The summed E-state index contributed by atoms with van der Waals surface area (Å²) in [6.07, 6.45) is 104. The van der Waals surface area contributed by atoms with Crippen molar-refractivity contribution >= 4 is 53.5 Å². The quantitative estimate of drug-likeness (QED) is 0.0221. The fraction of sp³-hybridized carbons (Fsp3) is 0.833. The van der Waals surface area contributed by atoms with Gasteiger partial charge in [-0.25, -0.2) is 0 Å². The molecule has 0 aromatic carbocycles. The third kappa shape index (κ3) is 97.5. The van der Waals surface area contributed by atoms with E-state index in [1.165, 1.54) is 154 Å². The Morgan fingerprint density at radius 1 is 0.184 bits per heavy atom. The molecule has 21 heteroatoms. The number of hydrogen-bond donors (Lipinski definition) is 3. The molecule has 0 aromatic heterocycles. The summed E-state index contributed by atoms with van der Waals surface area (Å²) in [7, 11) is 0. The monoisotopic (exact) mass is 2070 g/mol. The van der Waals surface area contributed by atoms with Crippen LogP contribution in [0.3, 0.4) is 0 Å². The third-order valence-corrected chi connectivity index (χ3v) is 28.7. The van der Waals surface area contributed by atoms with Crippen LogP contribution in [0.25, 0.3) is 0 Å². The Labute approximate surface area is 901 Å². The molecule has 0 unspecified atom stereocenters. The van der Waals surface area contributed by atoms with Crippen LogP contribution in [0, 0.1) is 17.8 Å². The Hall–Kier alpha value is -6.45. The number of amides is 3. The molecule has 1 fully saturated rings. The smallest absolute Gasteiger partial charge is 0.306 e. The summed E-state index contributed by atoms with van der Waals surface area (Å²) in [5.74, 6) is -2.47. The van der Waals surface area contributed by atoms with E-state index in [9.17, 15) is 43.2 Å². The Kier molecular flexibility index (Phi) is 104. The van der Waals surface area contributed by atoms with Gasteiger partial charge in [0.1, 0.15) is 39.6 Å². The van der Waals surface area contributed by atoms with Crippen LogP contribution in [0.2, 0.25) is 0 Å². The maximum absolute atomic E-state index is 14.7. The number of ether oxygens (including phenoxy) is 6. The summed E-state index contributed by atoms with van der Waals surface area (Å²) in [4.78, 5) is 127. The molecule has 0 saturated heterocycles. The number of nitrogens with one attached hydrogen (secondary N) is 3. The number of hydrogen-bond acceptors (Lipinski definition) is 18. The van der Waals surface area contributed by atoms with Crippen molar-refractivity contribution in [2.45, 2.75) is 542 Å². The van der Waals surface area contributed by atoms with Crippen LogP contribution < -0.4 is 16.0 Å². The number of allylic oxidation sites excluding steroid dienone is 6. The molecule has 0 aromatic rings. The van der Waals surface area contributed by atoms with Gasteiger partial charge >= 0.3 is 35.8 Å². The van der Waals surface area contributed by atoms with Crippen molar-refractivity contribution < 1.29 is 71.6 Å². The summed E-state index contributed by atoms with van der Waals surface area (Å²) < 4.78 is 32.9. The van der Waals surface area contributed by atoms with Crippen LogP contribution in [0.15, 0.2) is 72.9 Å². The lowest BCUT2D eigenvalue weighted by Crippen LogP contribution is -2.45. The molecule has 1 saturated carbocycles. The van der Waals surface area contributed by atoms with Crippen LogP contribution in [0.4, 0.5) is 0 Å². The largest absolute Gasteiger partial charge is 0.461 e. The van der Waals surface area contributed by atoms with E-state index in [-0.39, 0.29) is 53.5 Å². The van der Waals surface area contributed by atoms with Gasteiger partial charge in [-0.3, -0.25) is 43.2 Å². The molecular formula is C126H228N6O15. The molecule has 1 rings (SSSR count). The number of carbonyl (C=O) groups excluding carboxylic acids is 9. The molecule has 147 heavy (non-hydrogen) atoms. The Morgan fingerprint density at radius 3 is 0.490 bits per heavy atom. The highest BCUT2D eigenvalue weighted by Crippen LogP contribution is 2.35. The van der Waals surface area contributed by atoms with Crippen LogP contribution >= 0.6 is 0 Å². The maximum Gasteiger partial charge on any atom is 0.306 e. The van der Waals surface area contributed by atoms with E-state index in [1.54, 1.807) is 0 Å².